The third-order valence-electron chi connectivity index (χ3n) is 5.53. The van der Waals surface area contributed by atoms with Gasteiger partial charge in [0.2, 0.25) is 0 Å². The fourth-order valence-electron chi connectivity index (χ4n) is 4.01. The fraction of sp³-hybridized carbons (Fsp3) is 0.250. The van der Waals surface area contributed by atoms with Gasteiger partial charge >= 0.3 is 5.97 Å². The number of carboxylic acids is 1. The first-order chi connectivity index (χ1) is 14.5. The van der Waals surface area contributed by atoms with Crippen LogP contribution in [0.2, 0.25) is 0 Å². The van der Waals surface area contributed by atoms with Crippen molar-refractivity contribution in [2.24, 2.45) is 0 Å². The van der Waals surface area contributed by atoms with Crippen molar-refractivity contribution in [1.82, 2.24) is 9.47 Å². The van der Waals surface area contributed by atoms with Crippen molar-refractivity contribution in [3.8, 4) is 16.8 Å². The predicted molar refractivity (Wildman–Crippen MR) is 114 cm³/mol. The molecule has 6 heteroatoms. The second kappa shape index (κ2) is 8.16. The second-order valence-corrected chi connectivity index (χ2v) is 7.43. The number of aryl methyl sites for hydroxylation is 1. The summed E-state index contributed by atoms with van der Waals surface area (Å²) < 4.78 is 7.28. The Morgan fingerprint density at radius 2 is 1.67 bits per heavy atom. The number of aromatic nitrogens is 1. The Balaban J connectivity index is 1.88. The predicted octanol–water partition coefficient (Wildman–Crippen LogP) is 3.93. The molecule has 2 heterocycles. The summed E-state index contributed by atoms with van der Waals surface area (Å²) in [7, 11) is 0. The number of benzene rings is 2. The lowest BCUT2D eigenvalue weighted by atomic mass is 10.00. The van der Waals surface area contributed by atoms with Crippen molar-refractivity contribution in [2.45, 2.75) is 13.8 Å². The first kappa shape index (κ1) is 19.9. The molecule has 3 aromatic rings. The SMILES string of the molecule is Cc1cc(C(=O)O)c(C)n1-c1cc(C(=O)N2CCOCC2)ccc1-c1ccccc1. The van der Waals surface area contributed by atoms with Crippen molar-refractivity contribution in [1.29, 1.82) is 0 Å². The molecule has 0 atom stereocenters. The van der Waals surface area contributed by atoms with Gasteiger partial charge in [-0.25, -0.2) is 4.79 Å². The van der Waals surface area contributed by atoms with Gasteiger partial charge in [0.05, 0.1) is 24.5 Å². The maximum atomic E-state index is 13.1. The lowest BCUT2D eigenvalue weighted by molar-refractivity contribution is 0.0303. The number of carbonyl (C=O) groups is 2. The average molecular weight is 404 g/mol. The summed E-state index contributed by atoms with van der Waals surface area (Å²) in [4.78, 5) is 26.5. The van der Waals surface area contributed by atoms with Crippen LogP contribution in [0.4, 0.5) is 0 Å². The lowest BCUT2D eigenvalue weighted by Gasteiger charge is -2.27. The number of ether oxygens (including phenoxy) is 1. The minimum Gasteiger partial charge on any atom is -0.478 e. The molecule has 1 amide bonds. The molecule has 154 valence electrons. The zero-order chi connectivity index (χ0) is 21.3. The van der Waals surface area contributed by atoms with E-state index >= 15 is 0 Å². The largest absolute Gasteiger partial charge is 0.478 e. The molecule has 0 radical (unpaired) electrons. The summed E-state index contributed by atoms with van der Waals surface area (Å²) in [5, 5.41) is 9.56. The standard InChI is InChI=1S/C24H24N2O4/c1-16-14-21(24(28)29)17(2)26(16)22-15-19(23(27)25-10-12-30-13-11-25)8-9-20(22)18-6-4-3-5-7-18/h3-9,14-15H,10-13H2,1-2H3,(H,28,29). The quantitative estimate of drug-likeness (QED) is 0.715. The van der Waals surface area contributed by atoms with Crippen LogP contribution in [-0.4, -0.2) is 52.8 Å². The van der Waals surface area contributed by atoms with Crippen molar-refractivity contribution in [3.63, 3.8) is 0 Å². The fourth-order valence-corrected chi connectivity index (χ4v) is 4.01. The molecule has 0 spiro atoms. The third kappa shape index (κ3) is 3.62. The number of carbonyl (C=O) groups excluding carboxylic acids is 1. The number of morpholine rings is 1. The molecule has 1 saturated heterocycles. The van der Waals surface area contributed by atoms with Crippen molar-refractivity contribution in [2.75, 3.05) is 26.3 Å². The van der Waals surface area contributed by atoms with Crippen LogP contribution >= 0.6 is 0 Å². The molecule has 2 aromatic carbocycles. The maximum absolute atomic E-state index is 13.1. The van der Waals surface area contributed by atoms with Crippen LogP contribution in [0.5, 0.6) is 0 Å². The highest BCUT2D eigenvalue weighted by Crippen LogP contribution is 2.32. The molecule has 6 nitrogen and oxygen atoms in total. The molecule has 1 aliphatic rings. The Bertz CT molecular complexity index is 1100. The number of carboxylic acid groups (broad SMARTS) is 1. The molecule has 1 aromatic heterocycles. The van der Waals surface area contributed by atoms with Gasteiger partial charge in [0.15, 0.2) is 0 Å². The van der Waals surface area contributed by atoms with Crippen LogP contribution < -0.4 is 0 Å². The van der Waals surface area contributed by atoms with E-state index in [-0.39, 0.29) is 11.5 Å². The third-order valence-corrected chi connectivity index (χ3v) is 5.53. The average Bonchev–Trinajstić information content (AvgIpc) is 3.08. The highest BCUT2D eigenvalue weighted by atomic mass is 16.5. The van der Waals surface area contributed by atoms with Gasteiger partial charge in [0.25, 0.3) is 5.91 Å². The lowest BCUT2D eigenvalue weighted by Crippen LogP contribution is -2.40. The summed E-state index contributed by atoms with van der Waals surface area (Å²) in [5.74, 6) is -1.00. The summed E-state index contributed by atoms with van der Waals surface area (Å²) in [6, 6.07) is 17.2. The smallest absolute Gasteiger partial charge is 0.337 e. The van der Waals surface area contributed by atoms with Crippen LogP contribution in [0.1, 0.15) is 32.1 Å². The monoisotopic (exact) mass is 404 g/mol. The van der Waals surface area contributed by atoms with E-state index < -0.39 is 5.97 Å². The highest BCUT2D eigenvalue weighted by molar-refractivity contribution is 5.96. The summed E-state index contributed by atoms with van der Waals surface area (Å²) in [6.07, 6.45) is 0. The number of nitrogens with zero attached hydrogens (tertiary/aromatic N) is 2. The Morgan fingerprint density at radius 3 is 2.30 bits per heavy atom. The van der Waals surface area contributed by atoms with Crippen LogP contribution in [-0.2, 0) is 4.74 Å². The molecule has 4 rings (SSSR count). The molecular weight excluding hydrogens is 380 g/mol. The zero-order valence-electron chi connectivity index (χ0n) is 17.1. The van der Waals surface area contributed by atoms with E-state index in [1.807, 2.05) is 60.0 Å². The van der Waals surface area contributed by atoms with E-state index in [0.29, 0.717) is 37.6 Å². The number of aromatic carboxylic acids is 1. The topological polar surface area (TPSA) is 71.8 Å². The van der Waals surface area contributed by atoms with E-state index in [1.165, 1.54) is 0 Å². The van der Waals surface area contributed by atoms with Gasteiger partial charge in [-0.15, -0.1) is 0 Å². The van der Waals surface area contributed by atoms with Crippen LogP contribution in [0.3, 0.4) is 0 Å². The van der Waals surface area contributed by atoms with E-state index in [4.69, 9.17) is 4.74 Å². The Hall–Kier alpha value is -3.38. The van der Waals surface area contributed by atoms with Crippen LogP contribution in [0, 0.1) is 13.8 Å². The molecule has 0 saturated carbocycles. The summed E-state index contributed by atoms with van der Waals surface area (Å²) in [6.45, 7) is 5.89. The van der Waals surface area contributed by atoms with Gasteiger partial charge in [-0.1, -0.05) is 36.4 Å². The maximum Gasteiger partial charge on any atom is 0.337 e. The van der Waals surface area contributed by atoms with E-state index in [1.54, 1.807) is 17.9 Å². The number of hydrogen-bond donors (Lipinski definition) is 1. The first-order valence-electron chi connectivity index (χ1n) is 9.96. The highest BCUT2D eigenvalue weighted by Gasteiger charge is 2.22. The summed E-state index contributed by atoms with van der Waals surface area (Å²) in [5.41, 5.74) is 5.01. The Morgan fingerprint density at radius 1 is 0.967 bits per heavy atom. The molecule has 1 N–H and O–H groups in total. The Labute approximate surface area is 175 Å². The second-order valence-electron chi connectivity index (χ2n) is 7.43. The zero-order valence-corrected chi connectivity index (χ0v) is 17.1. The van der Waals surface area contributed by atoms with Gasteiger partial charge < -0.3 is 19.3 Å². The van der Waals surface area contributed by atoms with Crippen molar-refractivity contribution < 1.29 is 19.4 Å². The van der Waals surface area contributed by atoms with E-state index in [9.17, 15) is 14.7 Å². The van der Waals surface area contributed by atoms with Gasteiger partial charge in [0, 0.05) is 35.6 Å². The summed E-state index contributed by atoms with van der Waals surface area (Å²) >= 11 is 0. The molecule has 30 heavy (non-hydrogen) atoms. The van der Waals surface area contributed by atoms with Crippen LogP contribution in [0.15, 0.2) is 54.6 Å². The molecule has 1 fully saturated rings. The normalized spacial score (nSPS) is 14.0. The molecule has 0 aliphatic carbocycles. The molecule has 0 unspecified atom stereocenters. The van der Waals surface area contributed by atoms with Crippen molar-refractivity contribution in [3.05, 3.63) is 77.1 Å². The first-order valence-corrected chi connectivity index (χ1v) is 9.96. The minimum absolute atomic E-state index is 0.0416. The van der Waals surface area contributed by atoms with Gasteiger partial charge in [-0.05, 0) is 37.6 Å². The minimum atomic E-state index is -0.962. The van der Waals surface area contributed by atoms with E-state index in [0.717, 1.165) is 22.5 Å². The number of hydrogen-bond acceptors (Lipinski definition) is 3. The van der Waals surface area contributed by atoms with E-state index in [2.05, 4.69) is 0 Å². The number of amides is 1. The van der Waals surface area contributed by atoms with Gasteiger partial charge in [-0.2, -0.15) is 0 Å². The Kier molecular flexibility index (Phi) is 5.42. The van der Waals surface area contributed by atoms with Gasteiger partial charge in [0.1, 0.15) is 0 Å². The molecule has 1 aliphatic heterocycles. The van der Waals surface area contributed by atoms with Crippen molar-refractivity contribution >= 4 is 11.9 Å². The van der Waals surface area contributed by atoms with Crippen LogP contribution in [0.25, 0.3) is 16.8 Å². The molecule has 0 bridgehead atoms. The van der Waals surface area contributed by atoms with Gasteiger partial charge in [-0.3, -0.25) is 4.79 Å². The number of rotatable bonds is 4. The molecular formula is C24H24N2O4.